The number of hydrogen-bond donors (Lipinski definition) is 1. The summed E-state index contributed by atoms with van der Waals surface area (Å²) < 4.78 is 11.8. The lowest BCUT2D eigenvalue weighted by Crippen LogP contribution is -2.47. The summed E-state index contributed by atoms with van der Waals surface area (Å²) in [6.07, 6.45) is 5.98. The van der Waals surface area contributed by atoms with E-state index in [9.17, 15) is 5.11 Å². The van der Waals surface area contributed by atoms with Gasteiger partial charge in [0.05, 0.1) is 19.3 Å². The smallest absolute Gasteiger partial charge is 0.161 e. The Balaban J connectivity index is 1.91. The molecule has 2 fully saturated rings. The summed E-state index contributed by atoms with van der Waals surface area (Å²) in [4.78, 5) is 2.43. The molecule has 4 heteroatoms. The van der Waals surface area contributed by atoms with Crippen LogP contribution in [0.15, 0.2) is 18.2 Å². The molecule has 1 aromatic rings. The summed E-state index contributed by atoms with van der Waals surface area (Å²) in [5.74, 6) is 1.72. The topological polar surface area (TPSA) is 41.9 Å². The molecule has 0 aromatic heterocycles. The molecular formula is C21H33NO3. The molecule has 3 atom stereocenters. The van der Waals surface area contributed by atoms with Gasteiger partial charge in [-0.1, -0.05) is 19.4 Å². The molecule has 1 saturated carbocycles. The Bertz CT molecular complexity index is 576. The van der Waals surface area contributed by atoms with Gasteiger partial charge in [0.15, 0.2) is 11.5 Å². The van der Waals surface area contributed by atoms with Crippen molar-refractivity contribution in [1.82, 2.24) is 4.90 Å². The van der Waals surface area contributed by atoms with Crippen molar-refractivity contribution < 1.29 is 14.6 Å². The maximum atomic E-state index is 10.2. The fraction of sp³-hybridized carbons (Fsp3) is 0.714. The molecule has 1 aliphatic carbocycles. The lowest BCUT2D eigenvalue weighted by atomic mass is 9.65. The van der Waals surface area contributed by atoms with E-state index < -0.39 is 0 Å². The lowest BCUT2D eigenvalue weighted by molar-refractivity contribution is 0.0566. The molecule has 1 saturated heterocycles. The number of likely N-dealkylation sites (N-methyl/N-ethyl adjacent to an activating group) is 1. The van der Waals surface area contributed by atoms with Crippen LogP contribution >= 0.6 is 0 Å². The molecule has 0 bridgehead atoms. The molecular weight excluding hydrogens is 314 g/mol. The van der Waals surface area contributed by atoms with Gasteiger partial charge in [0.25, 0.3) is 0 Å². The van der Waals surface area contributed by atoms with Crippen LogP contribution in [0.2, 0.25) is 0 Å². The van der Waals surface area contributed by atoms with Gasteiger partial charge < -0.3 is 19.5 Å². The monoisotopic (exact) mass is 347 g/mol. The maximum Gasteiger partial charge on any atom is 0.161 e. The standard InChI is InChI=1S/C21H33NO3/c1-4-6-13-25-19-14-16(7-8-18(19)24-5-2)21-10-9-17(23)15-20(21)22(3)12-11-21/h7-8,14,17,20,23H,4-6,9-13,15H2,1-3H3/t17-,20-,21-/m0/s1. The Kier molecular flexibility index (Phi) is 5.90. The summed E-state index contributed by atoms with van der Waals surface area (Å²) >= 11 is 0. The van der Waals surface area contributed by atoms with Crippen molar-refractivity contribution in [2.75, 3.05) is 26.8 Å². The molecule has 1 aliphatic heterocycles. The van der Waals surface area contributed by atoms with Gasteiger partial charge in [-0.25, -0.2) is 0 Å². The molecule has 1 heterocycles. The first-order valence-corrected chi connectivity index (χ1v) is 9.89. The van der Waals surface area contributed by atoms with Crippen molar-refractivity contribution in [2.24, 2.45) is 0 Å². The quantitative estimate of drug-likeness (QED) is 0.763. The zero-order valence-electron chi connectivity index (χ0n) is 16.0. The minimum atomic E-state index is -0.165. The lowest BCUT2D eigenvalue weighted by Gasteiger charge is -2.43. The Morgan fingerprint density at radius 1 is 1.20 bits per heavy atom. The average Bonchev–Trinajstić information content (AvgIpc) is 2.94. The van der Waals surface area contributed by atoms with Crippen LogP contribution in [-0.4, -0.2) is 49.0 Å². The highest BCUT2D eigenvalue weighted by atomic mass is 16.5. The normalized spacial score (nSPS) is 29.4. The van der Waals surface area contributed by atoms with E-state index in [1.807, 2.05) is 6.92 Å². The third-order valence-electron chi connectivity index (χ3n) is 6.07. The van der Waals surface area contributed by atoms with Crippen LogP contribution < -0.4 is 9.47 Å². The Hall–Kier alpha value is -1.26. The highest BCUT2D eigenvalue weighted by Gasteiger charge is 2.50. The Morgan fingerprint density at radius 2 is 2.04 bits per heavy atom. The second-order valence-electron chi connectivity index (χ2n) is 7.63. The van der Waals surface area contributed by atoms with E-state index in [0.29, 0.717) is 12.6 Å². The summed E-state index contributed by atoms with van der Waals surface area (Å²) in [5, 5.41) is 10.2. The predicted octanol–water partition coefficient (Wildman–Crippen LogP) is 3.75. The second kappa shape index (κ2) is 7.96. The molecule has 25 heavy (non-hydrogen) atoms. The number of rotatable bonds is 7. The van der Waals surface area contributed by atoms with E-state index in [2.05, 4.69) is 37.1 Å². The number of benzene rings is 1. The molecule has 0 amide bonds. The van der Waals surface area contributed by atoms with E-state index in [1.165, 1.54) is 5.56 Å². The van der Waals surface area contributed by atoms with Crippen LogP contribution in [0, 0.1) is 0 Å². The molecule has 140 valence electrons. The third-order valence-corrected chi connectivity index (χ3v) is 6.07. The first kappa shape index (κ1) is 18.5. The minimum absolute atomic E-state index is 0.140. The van der Waals surface area contributed by atoms with Gasteiger partial charge in [0.1, 0.15) is 0 Å². The van der Waals surface area contributed by atoms with Gasteiger partial charge in [-0.15, -0.1) is 0 Å². The number of aliphatic hydroxyl groups excluding tert-OH is 1. The van der Waals surface area contributed by atoms with Crippen molar-refractivity contribution in [3.63, 3.8) is 0 Å². The van der Waals surface area contributed by atoms with E-state index in [1.54, 1.807) is 0 Å². The summed E-state index contributed by atoms with van der Waals surface area (Å²) in [7, 11) is 2.19. The highest BCUT2D eigenvalue weighted by Crippen LogP contribution is 2.49. The zero-order chi connectivity index (χ0) is 17.9. The zero-order valence-corrected chi connectivity index (χ0v) is 16.0. The highest BCUT2D eigenvalue weighted by molar-refractivity contribution is 5.46. The minimum Gasteiger partial charge on any atom is -0.490 e. The molecule has 0 radical (unpaired) electrons. The van der Waals surface area contributed by atoms with E-state index in [4.69, 9.17) is 9.47 Å². The summed E-state index contributed by atoms with van der Waals surface area (Å²) in [6, 6.07) is 6.93. The molecule has 0 spiro atoms. The number of unbranched alkanes of at least 4 members (excludes halogenated alkanes) is 1. The second-order valence-corrected chi connectivity index (χ2v) is 7.63. The van der Waals surface area contributed by atoms with E-state index in [0.717, 1.165) is 63.2 Å². The summed E-state index contributed by atoms with van der Waals surface area (Å²) in [6.45, 7) is 6.65. The van der Waals surface area contributed by atoms with Gasteiger partial charge in [-0.05, 0) is 70.3 Å². The van der Waals surface area contributed by atoms with E-state index in [-0.39, 0.29) is 11.5 Å². The Labute approximate surface area is 152 Å². The third kappa shape index (κ3) is 3.65. The molecule has 3 rings (SSSR count). The van der Waals surface area contributed by atoms with Crippen LogP contribution in [0.3, 0.4) is 0 Å². The van der Waals surface area contributed by atoms with Crippen LogP contribution in [-0.2, 0) is 5.41 Å². The van der Waals surface area contributed by atoms with Crippen molar-refractivity contribution in [3.05, 3.63) is 23.8 Å². The van der Waals surface area contributed by atoms with Crippen molar-refractivity contribution in [2.45, 2.75) is 69.9 Å². The number of likely N-dealkylation sites (tertiary alicyclic amines) is 1. The van der Waals surface area contributed by atoms with Crippen LogP contribution in [0.4, 0.5) is 0 Å². The fourth-order valence-electron chi connectivity index (χ4n) is 4.63. The van der Waals surface area contributed by atoms with Gasteiger partial charge in [-0.2, -0.15) is 0 Å². The molecule has 1 N–H and O–H groups in total. The number of aliphatic hydroxyl groups is 1. The fourth-order valence-corrected chi connectivity index (χ4v) is 4.63. The molecule has 2 aliphatic rings. The van der Waals surface area contributed by atoms with Crippen molar-refractivity contribution in [3.8, 4) is 11.5 Å². The predicted molar refractivity (Wildman–Crippen MR) is 101 cm³/mol. The first-order valence-electron chi connectivity index (χ1n) is 9.89. The van der Waals surface area contributed by atoms with Crippen molar-refractivity contribution in [1.29, 1.82) is 0 Å². The van der Waals surface area contributed by atoms with Gasteiger partial charge >= 0.3 is 0 Å². The number of nitrogens with zero attached hydrogens (tertiary/aromatic N) is 1. The molecule has 1 aromatic carbocycles. The van der Waals surface area contributed by atoms with Crippen LogP contribution in [0.5, 0.6) is 11.5 Å². The molecule has 0 unspecified atom stereocenters. The largest absolute Gasteiger partial charge is 0.490 e. The Morgan fingerprint density at radius 3 is 2.80 bits per heavy atom. The van der Waals surface area contributed by atoms with E-state index >= 15 is 0 Å². The van der Waals surface area contributed by atoms with Crippen molar-refractivity contribution >= 4 is 0 Å². The SMILES string of the molecule is CCCCOc1cc([C@@]23CC[C@H](O)C[C@@H]2N(C)CC3)ccc1OCC. The van der Waals surface area contributed by atoms with Crippen LogP contribution in [0.1, 0.15) is 57.9 Å². The molecule has 4 nitrogen and oxygen atoms in total. The first-order chi connectivity index (χ1) is 12.1. The van der Waals surface area contributed by atoms with Gasteiger partial charge in [0.2, 0.25) is 0 Å². The number of fused-ring (bicyclic) bond motifs is 1. The number of ether oxygens (including phenoxy) is 2. The van der Waals surface area contributed by atoms with Gasteiger partial charge in [-0.3, -0.25) is 0 Å². The van der Waals surface area contributed by atoms with Gasteiger partial charge in [0, 0.05) is 11.5 Å². The number of hydrogen-bond acceptors (Lipinski definition) is 4. The van der Waals surface area contributed by atoms with Crippen LogP contribution in [0.25, 0.3) is 0 Å². The maximum absolute atomic E-state index is 10.2. The summed E-state index contributed by atoms with van der Waals surface area (Å²) in [5.41, 5.74) is 1.49. The average molecular weight is 347 g/mol.